The Morgan fingerprint density at radius 2 is 1.29 bits per heavy atom. The Morgan fingerprint density at radius 1 is 0.952 bits per heavy atom. The first kappa shape index (κ1) is 27.7. The van der Waals surface area contributed by atoms with Gasteiger partial charge in [-0.25, -0.2) is 0 Å². The van der Waals surface area contributed by atoms with E-state index >= 15 is 0 Å². The molecule has 0 aliphatic heterocycles. The zero-order chi connectivity index (χ0) is 16.6. The number of carbonyl (C=O) groups excluding carboxylic acids is 3. The van der Waals surface area contributed by atoms with Gasteiger partial charge in [0.15, 0.2) is 0 Å². The fraction of sp³-hybridized carbons (Fsp3) is 0.308. The van der Waals surface area contributed by atoms with E-state index in [0.717, 1.165) is 26.5 Å². The maximum Gasteiger partial charge on any atom is 0.105 e. The molecule has 0 saturated heterocycles. The predicted octanol–water partition coefficient (Wildman–Crippen LogP) is -2.67. The van der Waals surface area contributed by atoms with E-state index in [0.29, 0.717) is 0 Å². The molecule has 0 N–H and O–H groups in total. The Balaban J connectivity index is -0.0000000973. The van der Waals surface area contributed by atoms with E-state index in [1.807, 2.05) is 24.6 Å². The average molecular weight is 491 g/mol. The smallest absolute Gasteiger partial charge is 0.105 e. The fourth-order valence-electron chi connectivity index (χ4n) is 0.508. The van der Waals surface area contributed by atoms with E-state index < -0.39 is 17.9 Å². The molecule has 0 heterocycles. The molecule has 0 spiro atoms. The van der Waals surface area contributed by atoms with Crippen molar-refractivity contribution in [3.63, 3.8) is 0 Å². The molecule has 0 aromatic heterocycles. The van der Waals surface area contributed by atoms with Crippen molar-refractivity contribution in [2.75, 3.05) is 7.11 Å². The summed E-state index contributed by atoms with van der Waals surface area (Å²) in [6, 6.07) is 0. The van der Waals surface area contributed by atoms with Crippen LogP contribution >= 0.6 is 0 Å². The summed E-state index contributed by atoms with van der Waals surface area (Å²) in [5.41, 5.74) is 2.89. The van der Waals surface area contributed by atoms with Gasteiger partial charge in [0, 0.05) is 45.2 Å². The Morgan fingerprint density at radius 3 is 1.43 bits per heavy atom. The third-order valence-electron chi connectivity index (χ3n) is 0.923. The van der Waals surface area contributed by atoms with Crippen LogP contribution in [0.4, 0.5) is 0 Å². The number of hydrogen-bond donors (Lipinski definition) is 0. The van der Waals surface area contributed by atoms with Gasteiger partial charge in [-0.2, -0.15) is 0 Å². The minimum Gasteiger partial charge on any atom is -0.550 e. The van der Waals surface area contributed by atoms with E-state index in [9.17, 15) is 0 Å². The van der Waals surface area contributed by atoms with Crippen LogP contribution in [0, 0.1) is 6.42 Å². The van der Waals surface area contributed by atoms with E-state index in [4.69, 9.17) is 34.4 Å². The van der Waals surface area contributed by atoms with Crippen LogP contribution in [-0.2, 0) is 19.1 Å². The second-order valence-electron chi connectivity index (χ2n) is 2.91. The van der Waals surface area contributed by atoms with Crippen molar-refractivity contribution in [1.82, 2.24) is 0 Å². The average Bonchev–Trinajstić information content (AvgIpc) is 2.28. The van der Waals surface area contributed by atoms with Crippen molar-refractivity contribution in [2.45, 2.75) is 20.8 Å². The van der Waals surface area contributed by atoms with Crippen LogP contribution < -0.4 is 15.3 Å². The molecule has 117 valence electrons. The van der Waals surface area contributed by atoms with Gasteiger partial charge in [-0.05, 0) is 39.0 Å². The number of allylic oxidation sites excluding steroid dienone is 2. The number of carbonyl (C=O) groups is 3. The summed E-state index contributed by atoms with van der Waals surface area (Å²) in [6.07, 6.45) is 7.36. The zero-order valence-corrected chi connectivity index (χ0v) is 16.1. The third kappa shape index (κ3) is 70.2. The first-order chi connectivity index (χ1) is 9.13. The maximum atomic E-state index is 8.89. The van der Waals surface area contributed by atoms with E-state index in [2.05, 4.69) is 5.73 Å². The first-order valence-corrected chi connectivity index (χ1v) is 5.16. The molecule has 0 bridgehead atoms. The van der Waals surface area contributed by atoms with Crippen molar-refractivity contribution in [1.29, 1.82) is 0 Å². The van der Waals surface area contributed by atoms with Gasteiger partial charge >= 0.3 is 0 Å². The van der Waals surface area contributed by atoms with Crippen molar-refractivity contribution in [3.05, 3.63) is 36.1 Å². The Hall–Kier alpha value is -1.61. The molecule has 0 atom stereocenters. The third-order valence-corrected chi connectivity index (χ3v) is 0.923. The fourth-order valence-corrected chi connectivity index (χ4v) is 0.508. The Bertz CT molecular complexity index is 353. The zero-order valence-electron chi connectivity index (χ0n) is 12.2. The first-order valence-electron chi connectivity index (χ1n) is 5.16. The summed E-state index contributed by atoms with van der Waals surface area (Å²) in [5.74, 6) is -2.37. The molecule has 0 unspecified atom stereocenters. The van der Waals surface area contributed by atoms with Gasteiger partial charge in [0.2, 0.25) is 0 Å². The number of hydrogen-bond acceptors (Lipinski definition) is 7. The molecule has 0 aromatic carbocycles. The second-order valence-corrected chi connectivity index (χ2v) is 2.91. The van der Waals surface area contributed by atoms with Gasteiger partial charge in [0.25, 0.3) is 0 Å². The van der Waals surface area contributed by atoms with Crippen LogP contribution in [0.1, 0.15) is 20.8 Å². The number of rotatable bonds is 1. The van der Waals surface area contributed by atoms with Crippen molar-refractivity contribution in [2.24, 2.45) is 0 Å². The summed E-state index contributed by atoms with van der Waals surface area (Å²) in [6.45, 7) is 2.92. The number of carboxylic acids is 3. The van der Waals surface area contributed by atoms with Crippen molar-refractivity contribution in [3.8, 4) is 0 Å². The van der Waals surface area contributed by atoms with E-state index in [-0.39, 0.29) is 27.3 Å². The molecule has 8 heteroatoms. The maximum absolute atomic E-state index is 8.89. The van der Waals surface area contributed by atoms with E-state index in [1.165, 1.54) is 0 Å². The Kier molecular flexibility index (Phi) is 27.3. The molecule has 1 aliphatic rings. The monoisotopic (exact) mass is 492 g/mol. The van der Waals surface area contributed by atoms with Gasteiger partial charge in [-0.3, -0.25) is 0 Å². The van der Waals surface area contributed by atoms with Gasteiger partial charge in [-0.1, -0.05) is 0 Å². The second kappa shape index (κ2) is 20.7. The van der Waals surface area contributed by atoms with Gasteiger partial charge in [-0.15, -0.1) is 5.73 Å². The molecule has 1 aliphatic carbocycles. The molecular formula is C13H16O7Pb-3. The number of methoxy groups -OCH3 is 1. The topological polar surface area (TPSA) is 130 Å². The SMILES string of the molecule is CC(=O)[O-].CC(=O)[O-].CC(=O)[O-].COC1=CC=C=C[CH]1.[Pb]. The number of aliphatic carboxylic acids is 3. The van der Waals surface area contributed by atoms with Gasteiger partial charge in [0.1, 0.15) is 5.76 Å². The minimum absolute atomic E-state index is 0. The summed E-state index contributed by atoms with van der Waals surface area (Å²) in [4.78, 5) is 26.7. The van der Waals surface area contributed by atoms with Crippen molar-refractivity contribution < 1.29 is 34.4 Å². The van der Waals surface area contributed by atoms with Gasteiger partial charge in [0.05, 0.1) is 13.5 Å². The van der Waals surface area contributed by atoms with Crippen LogP contribution in [-0.4, -0.2) is 52.3 Å². The van der Waals surface area contributed by atoms with Crippen LogP contribution in [0.25, 0.3) is 0 Å². The number of ether oxygens (including phenoxy) is 1. The standard InChI is InChI=1S/C7H7O.3C2H4O2.Pb/c1-8-7-5-3-2-4-6-7;3*1-2(3)4;/h3-6H,1H3;3*1H3,(H,3,4);/p-3. The molecule has 0 saturated carbocycles. The van der Waals surface area contributed by atoms with Crippen LogP contribution in [0.3, 0.4) is 0 Å². The van der Waals surface area contributed by atoms with E-state index in [1.54, 1.807) is 7.11 Å². The molecule has 0 amide bonds. The molecular weight excluding hydrogens is 475 g/mol. The Labute approximate surface area is 143 Å². The summed E-state index contributed by atoms with van der Waals surface area (Å²) in [7, 11) is 1.65. The quantitative estimate of drug-likeness (QED) is 0.289. The normalized spacial score (nSPS) is 9.62. The van der Waals surface area contributed by atoms with Crippen LogP contribution in [0.5, 0.6) is 0 Å². The molecule has 21 heavy (non-hydrogen) atoms. The summed E-state index contributed by atoms with van der Waals surface area (Å²) in [5, 5.41) is 26.7. The van der Waals surface area contributed by atoms with Crippen molar-refractivity contribution >= 4 is 45.2 Å². The van der Waals surface area contributed by atoms with Gasteiger partial charge < -0.3 is 34.4 Å². The molecule has 0 fully saturated rings. The van der Waals surface area contributed by atoms with Crippen LogP contribution in [0.15, 0.2) is 29.7 Å². The summed E-state index contributed by atoms with van der Waals surface area (Å²) >= 11 is 0. The predicted molar refractivity (Wildman–Crippen MR) is 69.8 cm³/mol. The largest absolute Gasteiger partial charge is 0.550 e. The minimum atomic E-state index is -1.08. The number of carboxylic acid groups (broad SMARTS) is 3. The summed E-state index contributed by atoms with van der Waals surface area (Å²) < 4.78 is 4.89. The molecule has 7 nitrogen and oxygen atoms in total. The molecule has 0 aromatic rings. The van der Waals surface area contributed by atoms with Crippen LogP contribution in [0.2, 0.25) is 0 Å². The molecule has 1 rings (SSSR count). The molecule has 5 radical (unpaired) electrons.